The first kappa shape index (κ1) is 16.0. The quantitative estimate of drug-likeness (QED) is 0.292. The average Bonchev–Trinajstić information content (AvgIpc) is 1.94. The van der Waals surface area contributed by atoms with Crippen LogP contribution < -0.4 is 42.8 Å². The van der Waals surface area contributed by atoms with Crippen LogP contribution in [-0.2, 0) is 0 Å². The number of hydrogen-bond acceptors (Lipinski definition) is 2. The van der Waals surface area contributed by atoms with E-state index in [1.165, 1.54) is 6.07 Å². The third-order valence-corrected chi connectivity index (χ3v) is 1.87. The van der Waals surface area contributed by atoms with Crippen LogP contribution in [0.15, 0.2) is 12.1 Å². The van der Waals surface area contributed by atoms with Crippen molar-refractivity contribution < 1.29 is 52.0 Å². The molecule has 58 valence electrons. The smallest absolute Gasteiger partial charge is 0.559 e. The maximum atomic E-state index is 12.5. The molecule has 1 aromatic rings. The molecule has 2 nitrogen and oxygen atoms in total. The van der Waals surface area contributed by atoms with E-state index in [1.54, 1.807) is 22.6 Å². The van der Waals surface area contributed by atoms with Gasteiger partial charge in [0.05, 0.1) is 0 Å². The van der Waals surface area contributed by atoms with Crippen LogP contribution in [-0.4, -0.2) is 5.97 Å². The molecule has 0 aliphatic carbocycles. The fraction of sp³-hybridized carbons (Fsp3) is 0. The van der Waals surface area contributed by atoms with Gasteiger partial charge in [0.2, 0.25) is 0 Å². The Labute approximate surface area is 113 Å². The van der Waals surface area contributed by atoms with E-state index in [0.717, 1.165) is 6.07 Å². The van der Waals surface area contributed by atoms with Crippen LogP contribution in [0.25, 0.3) is 0 Å². The zero-order chi connectivity index (χ0) is 8.43. The van der Waals surface area contributed by atoms with E-state index < -0.39 is 11.8 Å². The number of carbonyl (C=O) groups is 1. The van der Waals surface area contributed by atoms with E-state index in [2.05, 4.69) is 6.07 Å². The number of carboxylic acid groups (broad SMARTS) is 1. The summed E-state index contributed by atoms with van der Waals surface area (Å²) in [5.74, 6) is -1.87. The summed E-state index contributed by atoms with van der Waals surface area (Å²) in [7, 11) is 0. The zero-order valence-electron chi connectivity index (χ0n) is 7.23. The van der Waals surface area contributed by atoms with Crippen LogP contribution in [0.5, 0.6) is 0 Å². The van der Waals surface area contributed by atoms with Gasteiger partial charge < -0.3 is 9.90 Å². The van der Waals surface area contributed by atoms with Gasteiger partial charge in [-0.25, -0.2) is 4.39 Å². The molecular formula is C7H2FILi2O2. The molecule has 0 bridgehead atoms. The van der Waals surface area contributed by atoms with Crippen molar-refractivity contribution in [3.63, 3.8) is 0 Å². The normalized spacial score (nSPS) is 8.15. The van der Waals surface area contributed by atoms with E-state index in [0.29, 0.717) is 0 Å². The Bertz CT molecular complexity index is 307. The third-order valence-electron chi connectivity index (χ3n) is 1.08. The van der Waals surface area contributed by atoms with Gasteiger partial charge in [-0.05, 0) is 0 Å². The molecule has 6 heteroatoms. The summed E-state index contributed by atoms with van der Waals surface area (Å²) in [5, 5.41) is 10.2. The zero-order valence-corrected chi connectivity index (χ0v) is 9.38. The molecule has 0 unspecified atom stereocenters. The number of aromatic carboxylic acids is 1. The van der Waals surface area contributed by atoms with E-state index in [4.69, 9.17) is 0 Å². The number of halogens is 2. The Kier molecular flexibility index (Phi) is 8.51. The summed E-state index contributed by atoms with van der Waals surface area (Å²) in [5.41, 5.74) is -0.0594. The van der Waals surface area contributed by atoms with Gasteiger partial charge >= 0.3 is 37.7 Å². The molecule has 0 N–H and O–H groups in total. The fourth-order valence-electron chi connectivity index (χ4n) is 0.569. The first-order chi connectivity index (χ1) is 5.11. The summed E-state index contributed by atoms with van der Waals surface area (Å²) in [6, 6.07) is 4.40. The molecule has 0 aliphatic rings. The van der Waals surface area contributed by atoms with Crippen LogP contribution in [0.2, 0.25) is 0 Å². The molecule has 0 spiro atoms. The van der Waals surface area contributed by atoms with Crippen LogP contribution in [0.3, 0.4) is 0 Å². The van der Waals surface area contributed by atoms with Crippen molar-refractivity contribution in [2.75, 3.05) is 0 Å². The SMILES string of the molecule is O=C([O-])c1c[c-]c(F)c(I)c1.[Li+].[Li+]. The Hall–Kier alpha value is 0.545. The number of rotatable bonds is 1. The molecule has 0 saturated heterocycles. The van der Waals surface area contributed by atoms with Gasteiger partial charge in [-0.2, -0.15) is 6.07 Å². The topological polar surface area (TPSA) is 40.1 Å². The van der Waals surface area contributed by atoms with Crippen molar-refractivity contribution in [1.82, 2.24) is 0 Å². The molecule has 0 radical (unpaired) electrons. The standard InChI is InChI=1S/C7H3FIO2.2Li/c8-5-2-1-4(7(10)11)3-6(5)9;;/h1,3H,(H,10,11);;/q-1;2*+1/p-1. The summed E-state index contributed by atoms with van der Waals surface area (Å²) in [6.07, 6.45) is 0. The summed E-state index contributed by atoms with van der Waals surface area (Å²) in [6.45, 7) is 0. The number of hydrogen-bond donors (Lipinski definition) is 0. The molecule has 0 amide bonds. The molecule has 0 aromatic heterocycles. The van der Waals surface area contributed by atoms with Gasteiger partial charge in [0, 0.05) is 11.8 Å². The van der Waals surface area contributed by atoms with Crippen molar-refractivity contribution >= 4 is 28.6 Å². The third kappa shape index (κ3) is 4.53. The minimum absolute atomic E-state index is 0. The van der Waals surface area contributed by atoms with Crippen molar-refractivity contribution in [3.05, 3.63) is 33.1 Å². The van der Waals surface area contributed by atoms with Gasteiger partial charge in [-0.3, -0.25) is 0 Å². The van der Waals surface area contributed by atoms with Gasteiger partial charge in [-0.1, -0.05) is 3.57 Å². The Morgan fingerprint density at radius 3 is 2.46 bits per heavy atom. The van der Waals surface area contributed by atoms with E-state index in [9.17, 15) is 14.3 Å². The average molecular weight is 278 g/mol. The Morgan fingerprint density at radius 2 is 2.08 bits per heavy atom. The predicted octanol–water partition coefficient (Wildman–Crippen LogP) is -5.40. The first-order valence-electron chi connectivity index (χ1n) is 2.69. The second-order valence-corrected chi connectivity index (χ2v) is 3.00. The van der Waals surface area contributed by atoms with Crippen LogP contribution in [0.4, 0.5) is 4.39 Å². The van der Waals surface area contributed by atoms with Crippen molar-refractivity contribution in [2.45, 2.75) is 0 Å². The van der Waals surface area contributed by atoms with Crippen molar-refractivity contribution in [1.29, 1.82) is 0 Å². The van der Waals surface area contributed by atoms with Crippen LogP contribution >= 0.6 is 22.6 Å². The second-order valence-electron chi connectivity index (χ2n) is 1.84. The molecule has 1 aromatic carbocycles. The monoisotopic (exact) mass is 278 g/mol. The molecule has 0 saturated carbocycles. The Balaban J connectivity index is 0. The largest absolute Gasteiger partial charge is 1.00 e. The molecule has 0 fully saturated rings. The van der Waals surface area contributed by atoms with Crippen LogP contribution in [0.1, 0.15) is 10.4 Å². The minimum atomic E-state index is -1.32. The minimum Gasteiger partial charge on any atom is -0.559 e. The van der Waals surface area contributed by atoms with Crippen molar-refractivity contribution in [3.8, 4) is 0 Å². The Morgan fingerprint density at radius 1 is 1.54 bits per heavy atom. The fourth-order valence-corrected chi connectivity index (χ4v) is 1.06. The predicted molar refractivity (Wildman–Crippen MR) is 42.3 cm³/mol. The maximum Gasteiger partial charge on any atom is 1.00 e. The van der Waals surface area contributed by atoms with E-state index >= 15 is 0 Å². The van der Waals surface area contributed by atoms with Gasteiger partial charge in [-0.15, -0.1) is 40.3 Å². The molecule has 0 atom stereocenters. The van der Waals surface area contributed by atoms with E-state index in [1.807, 2.05) is 0 Å². The second kappa shape index (κ2) is 6.92. The summed E-state index contributed by atoms with van der Waals surface area (Å²) < 4.78 is 12.7. The van der Waals surface area contributed by atoms with Gasteiger partial charge in [0.25, 0.3) is 0 Å². The molecule has 0 aliphatic heterocycles. The molecule has 0 heterocycles. The maximum absolute atomic E-state index is 12.5. The number of carboxylic acids is 1. The molecule has 13 heavy (non-hydrogen) atoms. The van der Waals surface area contributed by atoms with Crippen molar-refractivity contribution in [2.24, 2.45) is 0 Å². The van der Waals surface area contributed by atoms with Gasteiger partial charge in [0.15, 0.2) is 0 Å². The molecule has 1 rings (SSSR count). The van der Waals surface area contributed by atoms with Crippen LogP contribution in [0, 0.1) is 15.5 Å². The summed E-state index contributed by atoms with van der Waals surface area (Å²) >= 11 is 1.69. The first-order valence-corrected chi connectivity index (χ1v) is 3.77. The molecular weight excluding hydrogens is 276 g/mol. The van der Waals surface area contributed by atoms with E-state index in [-0.39, 0.29) is 46.9 Å². The number of benzene rings is 1. The van der Waals surface area contributed by atoms with Gasteiger partial charge in [0.1, 0.15) is 0 Å². The summed E-state index contributed by atoms with van der Waals surface area (Å²) in [4.78, 5) is 10.2. The number of carbonyl (C=O) groups excluding carboxylic acids is 1.